The summed E-state index contributed by atoms with van der Waals surface area (Å²) in [5, 5.41) is 7.90. The van der Waals surface area contributed by atoms with Crippen LogP contribution >= 0.6 is 23.2 Å². The van der Waals surface area contributed by atoms with Crippen LogP contribution in [0.15, 0.2) is 47.0 Å². The number of carbonyl (C=O) groups excluding carboxylic acids is 2. The maximum Gasteiger partial charge on any atom is 0.248 e. The lowest BCUT2D eigenvalue weighted by Gasteiger charge is -2.30. The molecule has 10 heteroatoms. The SMILES string of the molecule is NC(=O)c1ccc(NC(=O)C2CCCN(Cc3nc(-c4ccc(Cl)cc4Cl)no3)C2)cc1. The molecular formula is C22H21Cl2N5O3. The molecule has 2 amide bonds. The topological polar surface area (TPSA) is 114 Å². The molecule has 1 fully saturated rings. The summed E-state index contributed by atoms with van der Waals surface area (Å²) in [4.78, 5) is 30.5. The molecule has 1 aliphatic rings. The quantitative estimate of drug-likeness (QED) is 0.559. The Bertz CT molecular complexity index is 1130. The third-order valence-corrected chi connectivity index (χ3v) is 5.86. The Labute approximate surface area is 194 Å². The summed E-state index contributed by atoms with van der Waals surface area (Å²) < 4.78 is 5.40. The highest BCUT2D eigenvalue weighted by Gasteiger charge is 2.27. The van der Waals surface area contributed by atoms with E-state index in [-0.39, 0.29) is 11.8 Å². The molecule has 0 aliphatic carbocycles. The van der Waals surface area contributed by atoms with Gasteiger partial charge in [-0.05, 0) is 61.9 Å². The van der Waals surface area contributed by atoms with Crippen molar-refractivity contribution in [2.75, 3.05) is 18.4 Å². The number of nitrogens with zero attached hydrogens (tertiary/aromatic N) is 3. The Hall–Kier alpha value is -2.94. The van der Waals surface area contributed by atoms with Crippen LogP contribution in [0.25, 0.3) is 11.4 Å². The fourth-order valence-electron chi connectivity index (χ4n) is 3.67. The number of anilines is 1. The van der Waals surface area contributed by atoms with Gasteiger partial charge in [0.25, 0.3) is 0 Å². The summed E-state index contributed by atoms with van der Waals surface area (Å²) in [6.45, 7) is 1.84. The van der Waals surface area contributed by atoms with Crippen molar-refractivity contribution in [1.29, 1.82) is 0 Å². The maximum atomic E-state index is 12.7. The van der Waals surface area contributed by atoms with Gasteiger partial charge in [0.2, 0.25) is 23.5 Å². The predicted octanol–water partition coefficient (Wildman–Crippen LogP) is 3.99. The van der Waals surface area contributed by atoms with Gasteiger partial charge in [0.15, 0.2) is 0 Å². The molecule has 1 aromatic heterocycles. The largest absolute Gasteiger partial charge is 0.366 e. The van der Waals surface area contributed by atoms with Crippen LogP contribution in [0, 0.1) is 5.92 Å². The summed E-state index contributed by atoms with van der Waals surface area (Å²) in [5.41, 5.74) is 6.91. The normalized spacial score (nSPS) is 16.6. The molecule has 3 aromatic rings. The number of likely N-dealkylation sites (tertiary alicyclic amines) is 1. The average Bonchev–Trinajstić information content (AvgIpc) is 3.22. The van der Waals surface area contributed by atoms with E-state index in [1.54, 1.807) is 42.5 Å². The Morgan fingerprint density at radius 2 is 1.97 bits per heavy atom. The van der Waals surface area contributed by atoms with Crippen LogP contribution in [-0.4, -0.2) is 39.9 Å². The van der Waals surface area contributed by atoms with E-state index in [0.29, 0.717) is 51.7 Å². The van der Waals surface area contributed by atoms with Crippen LogP contribution in [0.2, 0.25) is 10.0 Å². The minimum Gasteiger partial charge on any atom is -0.366 e. The second kappa shape index (κ2) is 9.68. The van der Waals surface area contributed by atoms with E-state index < -0.39 is 5.91 Å². The number of aromatic nitrogens is 2. The minimum atomic E-state index is -0.506. The molecule has 2 aromatic carbocycles. The number of piperidine rings is 1. The molecule has 4 rings (SSSR count). The van der Waals surface area contributed by atoms with Gasteiger partial charge in [-0.2, -0.15) is 4.98 Å². The second-order valence-electron chi connectivity index (χ2n) is 7.64. The molecule has 1 atom stereocenters. The second-order valence-corrected chi connectivity index (χ2v) is 8.48. The molecule has 8 nitrogen and oxygen atoms in total. The van der Waals surface area contributed by atoms with Crippen LogP contribution in [-0.2, 0) is 11.3 Å². The predicted molar refractivity (Wildman–Crippen MR) is 121 cm³/mol. The Balaban J connectivity index is 1.36. The van der Waals surface area contributed by atoms with Gasteiger partial charge in [-0.3, -0.25) is 14.5 Å². The standard InChI is InChI=1S/C22H21Cl2N5O3/c23-15-5-8-17(18(24)10-15)21-27-19(32-28-21)12-29-9-1-2-14(11-29)22(31)26-16-6-3-13(4-7-16)20(25)30/h3-8,10,14H,1-2,9,11-12H2,(H2,25,30)(H,26,31). The molecule has 3 N–H and O–H groups in total. The van der Waals surface area contributed by atoms with Gasteiger partial charge in [0.05, 0.1) is 17.5 Å². The lowest BCUT2D eigenvalue weighted by atomic mass is 9.97. The molecule has 1 aliphatic heterocycles. The smallest absolute Gasteiger partial charge is 0.248 e. The van der Waals surface area contributed by atoms with E-state index in [0.717, 1.165) is 19.4 Å². The third kappa shape index (κ3) is 5.27. The van der Waals surface area contributed by atoms with Gasteiger partial charge in [0, 0.05) is 28.4 Å². The molecule has 0 saturated carbocycles. The van der Waals surface area contributed by atoms with Crippen molar-refractivity contribution in [1.82, 2.24) is 15.0 Å². The van der Waals surface area contributed by atoms with Crippen molar-refractivity contribution < 1.29 is 14.1 Å². The number of primary amides is 1. The van der Waals surface area contributed by atoms with Crippen LogP contribution in [0.5, 0.6) is 0 Å². The van der Waals surface area contributed by atoms with Gasteiger partial charge in [-0.25, -0.2) is 0 Å². The van der Waals surface area contributed by atoms with E-state index in [1.807, 2.05) is 0 Å². The molecule has 2 heterocycles. The summed E-state index contributed by atoms with van der Waals surface area (Å²) in [5.74, 6) is 0.100. The van der Waals surface area contributed by atoms with Crippen molar-refractivity contribution in [2.45, 2.75) is 19.4 Å². The van der Waals surface area contributed by atoms with Gasteiger partial charge >= 0.3 is 0 Å². The van der Waals surface area contributed by atoms with Gasteiger partial charge in [0.1, 0.15) is 0 Å². The number of hydrogen-bond acceptors (Lipinski definition) is 6. The molecule has 0 radical (unpaired) electrons. The van der Waals surface area contributed by atoms with Crippen LogP contribution in [0.1, 0.15) is 29.1 Å². The fourth-order valence-corrected chi connectivity index (χ4v) is 4.16. The summed E-state index contributed by atoms with van der Waals surface area (Å²) in [7, 11) is 0. The number of carbonyl (C=O) groups is 2. The number of halogens is 2. The highest BCUT2D eigenvalue weighted by Crippen LogP contribution is 2.29. The van der Waals surface area contributed by atoms with Crippen molar-refractivity contribution in [3.63, 3.8) is 0 Å². The number of rotatable bonds is 6. The molecule has 0 spiro atoms. The van der Waals surface area contributed by atoms with Crippen LogP contribution < -0.4 is 11.1 Å². The van der Waals surface area contributed by atoms with Crippen LogP contribution in [0.4, 0.5) is 5.69 Å². The summed E-state index contributed by atoms with van der Waals surface area (Å²) in [6.07, 6.45) is 1.67. The third-order valence-electron chi connectivity index (χ3n) is 5.31. The number of amides is 2. The average molecular weight is 474 g/mol. The van der Waals surface area contributed by atoms with E-state index in [2.05, 4.69) is 20.4 Å². The molecule has 0 bridgehead atoms. The lowest BCUT2D eigenvalue weighted by molar-refractivity contribution is -0.121. The summed E-state index contributed by atoms with van der Waals surface area (Å²) in [6, 6.07) is 11.6. The fraction of sp³-hybridized carbons (Fsp3) is 0.273. The van der Waals surface area contributed by atoms with Crippen molar-refractivity contribution in [3.05, 3.63) is 64.0 Å². The molecule has 166 valence electrons. The van der Waals surface area contributed by atoms with E-state index in [4.69, 9.17) is 33.5 Å². The lowest BCUT2D eigenvalue weighted by Crippen LogP contribution is -2.40. The number of nitrogens with two attached hydrogens (primary N) is 1. The number of hydrogen-bond donors (Lipinski definition) is 2. The van der Waals surface area contributed by atoms with Crippen molar-refractivity contribution in [3.8, 4) is 11.4 Å². The zero-order valence-electron chi connectivity index (χ0n) is 17.1. The van der Waals surface area contributed by atoms with Crippen molar-refractivity contribution in [2.24, 2.45) is 11.7 Å². The van der Waals surface area contributed by atoms with Gasteiger partial charge < -0.3 is 15.6 Å². The van der Waals surface area contributed by atoms with Gasteiger partial charge in [-0.1, -0.05) is 28.4 Å². The molecule has 1 saturated heterocycles. The zero-order chi connectivity index (χ0) is 22.7. The Morgan fingerprint density at radius 3 is 2.69 bits per heavy atom. The van der Waals surface area contributed by atoms with E-state index in [1.165, 1.54) is 0 Å². The first-order chi connectivity index (χ1) is 15.4. The minimum absolute atomic E-state index is 0.0688. The Morgan fingerprint density at radius 1 is 1.19 bits per heavy atom. The van der Waals surface area contributed by atoms with Crippen LogP contribution in [0.3, 0.4) is 0 Å². The van der Waals surface area contributed by atoms with Crippen molar-refractivity contribution >= 4 is 40.7 Å². The highest BCUT2D eigenvalue weighted by molar-refractivity contribution is 6.36. The zero-order valence-corrected chi connectivity index (χ0v) is 18.6. The maximum absolute atomic E-state index is 12.7. The number of benzene rings is 2. The van der Waals surface area contributed by atoms with Gasteiger partial charge in [-0.15, -0.1) is 0 Å². The number of nitrogens with one attached hydrogen (secondary N) is 1. The first-order valence-electron chi connectivity index (χ1n) is 10.1. The summed E-state index contributed by atoms with van der Waals surface area (Å²) >= 11 is 12.2. The molecule has 1 unspecified atom stereocenters. The van der Waals surface area contributed by atoms with E-state index in [9.17, 15) is 9.59 Å². The first kappa shape index (κ1) is 22.3. The highest BCUT2D eigenvalue weighted by atomic mass is 35.5. The molecular weight excluding hydrogens is 453 g/mol. The first-order valence-corrected chi connectivity index (χ1v) is 10.9. The Kier molecular flexibility index (Phi) is 6.74. The molecule has 32 heavy (non-hydrogen) atoms. The monoisotopic (exact) mass is 473 g/mol. The van der Waals surface area contributed by atoms with E-state index >= 15 is 0 Å².